The van der Waals surface area contributed by atoms with E-state index in [1.807, 2.05) is 0 Å². The van der Waals surface area contributed by atoms with Crippen LogP contribution in [0.15, 0.2) is 12.4 Å². The van der Waals surface area contributed by atoms with E-state index in [9.17, 15) is 4.79 Å². The van der Waals surface area contributed by atoms with Gasteiger partial charge in [-0.15, -0.1) is 0 Å². The van der Waals surface area contributed by atoms with Crippen molar-refractivity contribution in [2.24, 2.45) is 5.73 Å². The lowest BCUT2D eigenvalue weighted by Gasteiger charge is -1.78. The van der Waals surface area contributed by atoms with Crippen LogP contribution in [0.25, 0.3) is 0 Å². The van der Waals surface area contributed by atoms with Crippen LogP contribution in [0, 0.1) is 0 Å². The molecule has 0 bridgehead atoms. The van der Waals surface area contributed by atoms with Crippen molar-refractivity contribution in [3.05, 3.63) is 17.9 Å². The standard InChI is InChI=1S/C4H5N3O/c5-4(8)3-1-6-7-2-3/h1-2H,(H2,5,8)(H,6,7)/i1D. The Hall–Kier alpha value is -1.32. The Labute approximate surface area is 47.1 Å². The van der Waals surface area contributed by atoms with E-state index in [4.69, 9.17) is 7.10 Å². The summed E-state index contributed by atoms with van der Waals surface area (Å²) in [6.07, 6.45) is 1.19. The van der Waals surface area contributed by atoms with E-state index in [-0.39, 0.29) is 11.7 Å². The minimum atomic E-state index is -0.631. The SMILES string of the molecule is [2H]c1n[nH]cc1C(N)=O. The summed E-state index contributed by atoms with van der Waals surface area (Å²) in [6.45, 7) is 0. The number of nitrogens with zero attached hydrogens (tertiary/aromatic N) is 1. The third kappa shape index (κ3) is 0.676. The van der Waals surface area contributed by atoms with E-state index in [0.717, 1.165) is 0 Å². The van der Waals surface area contributed by atoms with Gasteiger partial charge in [0.15, 0.2) is 0 Å². The maximum atomic E-state index is 10.3. The lowest BCUT2D eigenvalue weighted by molar-refractivity contribution is 0.100. The highest BCUT2D eigenvalue weighted by Gasteiger charge is 1.96. The van der Waals surface area contributed by atoms with Crippen LogP contribution in [-0.4, -0.2) is 16.1 Å². The quantitative estimate of drug-likeness (QED) is 0.514. The summed E-state index contributed by atoms with van der Waals surface area (Å²) in [5.41, 5.74) is 4.96. The monoisotopic (exact) mass is 112 g/mol. The number of nitrogens with two attached hydrogens (primary N) is 1. The minimum absolute atomic E-state index is 0.109. The average Bonchev–Trinajstić information content (AvgIpc) is 2.13. The van der Waals surface area contributed by atoms with Crippen molar-refractivity contribution >= 4 is 5.91 Å². The summed E-state index contributed by atoms with van der Waals surface area (Å²) in [4.78, 5) is 10.3. The van der Waals surface area contributed by atoms with E-state index < -0.39 is 5.91 Å². The molecule has 1 aromatic heterocycles. The van der Waals surface area contributed by atoms with Crippen LogP contribution >= 0.6 is 0 Å². The second kappa shape index (κ2) is 1.65. The summed E-state index contributed by atoms with van der Waals surface area (Å²) >= 11 is 0. The zero-order valence-corrected chi connectivity index (χ0v) is 4.01. The zero-order valence-electron chi connectivity index (χ0n) is 5.01. The van der Waals surface area contributed by atoms with Gasteiger partial charge in [-0.2, -0.15) is 5.10 Å². The first-order chi connectivity index (χ1) is 4.22. The molecule has 4 heteroatoms. The molecule has 1 amide bonds. The first-order valence-electron chi connectivity index (χ1n) is 2.52. The largest absolute Gasteiger partial charge is 0.366 e. The molecule has 0 saturated carbocycles. The molecule has 1 aromatic rings. The molecule has 0 aliphatic rings. The second-order valence-corrected chi connectivity index (χ2v) is 1.27. The van der Waals surface area contributed by atoms with Crippen molar-refractivity contribution in [3.63, 3.8) is 0 Å². The molecule has 0 aliphatic carbocycles. The van der Waals surface area contributed by atoms with Gasteiger partial charge in [-0.25, -0.2) is 0 Å². The molecule has 42 valence electrons. The van der Waals surface area contributed by atoms with Crippen molar-refractivity contribution in [2.45, 2.75) is 0 Å². The molecule has 1 heterocycles. The Kier molecular flexibility index (Phi) is 0.754. The number of aromatic amines is 1. The molecule has 0 aliphatic heterocycles. The number of carbonyl (C=O) groups is 1. The van der Waals surface area contributed by atoms with Gasteiger partial charge >= 0.3 is 0 Å². The summed E-state index contributed by atoms with van der Waals surface area (Å²) < 4.78 is 6.94. The maximum absolute atomic E-state index is 10.3. The lowest BCUT2D eigenvalue weighted by Crippen LogP contribution is -2.09. The van der Waals surface area contributed by atoms with Gasteiger partial charge in [0.2, 0.25) is 0 Å². The fraction of sp³-hybridized carbons (Fsp3) is 0. The van der Waals surface area contributed by atoms with Crippen LogP contribution < -0.4 is 5.73 Å². The summed E-state index contributed by atoms with van der Waals surface area (Å²) in [6, 6.07) is 0. The molecule has 0 fully saturated rings. The number of nitrogens with one attached hydrogen (secondary N) is 1. The van der Waals surface area contributed by atoms with Crippen molar-refractivity contribution in [1.82, 2.24) is 10.2 Å². The molecule has 0 aromatic carbocycles. The normalized spacial score (nSPS) is 10.8. The van der Waals surface area contributed by atoms with Crippen LogP contribution in [-0.2, 0) is 0 Å². The van der Waals surface area contributed by atoms with Crippen molar-refractivity contribution in [3.8, 4) is 0 Å². The predicted molar refractivity (Wildman–Crippen MR) is 27.1 cm³/mol. The van der Waals surface area contributed by atoms with Crippen molar-refractivity contribution in [2.75, 3.05) is 0 Å². The fourth-order valence-corrected chi connectivity index (χ4v) is 0.348. The molecule has 0 radical (unpaired) electrons. The van der Waals surface area contributed by atoms with Crippen molar-refractivity contribution in [1.29, 1.82) is 0 Å². The summed E-state index contributed by atoms with van der Waals surface area (Å²) in [5, 5.41) is 5.72. The number of hydrogen-bond acceptors (Lipinski definition) is 2. The number of rotatable bonds is 1. The van der Waals surface area contributed by atoms with Crippen LogP contribution in [0.5, 0.6) is 0 Å². The van der Waals surface area contributed by atoms with Gasteiger partial charge in [0.05, 0.1) is 13.1 Å². The fourth-order valence-electron chi connectivity index (χ4n) is 0.348. The molecule has 4 nitrogen and oxygen atoms in total. The zero-order chi connectivity index (χ0) is 6.85. The average molecular weight is 112 g/mol. The Balaban J connectivity index is 3.08. The molecule has 0 spiro atoms. The van der Waals surface area contributed by atoms with E-state index >= 15 is 0 Å². The van der Waals surface area contributed by atoms with Crippen LogP contribution in [0.1, 0.15) is 11.7 Å². The Morgan fingerprint density at radius 1 is 2.12 bits per heavy atom. The van der Waals surface area contributed by atoms with Gasteiger partial charge in [-0.3, -0.25) is 9.89 Å². The number of carbonyl (C=O) groups excluding carboxylic acids is 1. The van der Waals surface area contributed by atoms with Gasteiger partial charge in [0.1, 0.15) is 0 Å². The van der Waals surface area contributed by atoms with Crippen molar-refractivity contribution < 1.29 is 6.17 Å². The van der Waals surface area contributed by atoms with Gasteiger partial charge in [0, 0.05) is 6.20 Å². The van der Waals surface area contributed by atoms with Gasteiger partial charge in [-0.1, -0.05) is 0 Å². The smallest absolute Gasteiger partial charge is 0.251 e. The Morgan fingerprint density at radius 2 is 2.88 bits per heavy atom. The van der Waals surface area contributed by atoms with E-state index in [1.165, 1.54) is 6.20 Å². The third-order valence-corrected chi connectivity index (χ3v) is 0.715. The second-order valence-electron chi connectivity index (χ2n) is 1.27. The molecule has 0 unspecified atom stereocenters. The molecular weight excluding hydrogens is 106 g/mol. The van der Waals surface area contributed by atoms with Crippen LogP contribution in [0.2, 0.25) is 0 Å². The molecular formula is C4H5N3O. The summed E-state index contributed by atoms with van der Waals surface area (Å²) in [5.74, 6) is -0.631. The highest BCUT2D eigenvalue weighted by atomic mass is 16.1. The first-order valence-corrected chi connectivity index (χ1v) is 2.02. The Bertz CT molecular complexity index is 231. The lowest BCUT2D eigenvalue weighted by atomic mass is 10.4. The van der Waals surface area contributed by atoms with E-state index in [0.29, 0.717) is 0 Å². The minimum Gasteiger partial charge on any atom is -0.366 e. The van der Waals surface area contributed by atoms with Gasteiger partial charge in [-0.05, 0) is 0 Å². The molecule has 0 atom stereocenters. The molecule has 0 saturated heterocycles. The number of hydrogen-bond donors (Lipinski definition) is 2. The highest BCUT2D eigenvalue weighted by molar-refractivity contribution is 5.92. The third-order valence-electron chi connectivity index (χ3n) is 0.715. The molecule has 3 N–H and O–H groups in total. The van der Waals surface area contributed by atoms with Gasteiger partial charge < -0.3 is 5.73 Å². The predicted octanol–water partition coefficient (Wildman–Crippen LogP) is -0.491. The van der Waals surface area contributed by atoms with Gasteiger partial charge in [0.25, 0.3) is 5.91 Å². The van der Waals surface area contributed by atoms with Crippen LogP contribution in [0.4, 0.5) is 0 Å². The topological polar surface area (TPSA) is 71.8 Å². The number of H-pyrrole nitrogens is 1. The first kappa shape index (κ1) is 3.65. The van der Waals surface area contributed by atoms with Crippen LogP contribution in [0.3, 0.4) is 0 Å². The molecule has 1 rings (SSSR count). The maximum Gasteiger partial charge on any atom is 0.251 e. The Morgan fingerprint density at radius 3 is 3.12 bits per heavy atom. The summed E-state index contributed by atoms with van der Waals surface area (Å²) in [7, 11) is 0. The van der Waals surface area contributed by atoms with E-state index in [2.05, 4.69) is 10.2 Å². The number of aromatic nitrogens is 2. The molecule has 8 heavy (non-hydrogen) atoms. The number of amides is 1. The highest BCUT2D eigenvalue weighted by Crippen LogP contribution is 1.88. The van der Waals surface area contributed by atoms with E-state index in [1.54, 1.807) is 0 Å². The number of primary amides is 1.